The van der Waals surface area contributed by atoms with Crippen LogP contribution in [0.1, 0.15) is 65.7 Å². The summed E-state index contributed by atoms with van der Waals surface area (Å²) in [5.74, 6) is 0. The molecule has 1 saturated carbocycles. The molecule has 0 bridgehead atoms. The van der Waals surface area contributed by atoms with Gasteiger partial charge in [-0.05, 0) is 69.6 Å². The summed E-state index contributed by atoms with van der Waals surface area (Å²) in [5.41, 5.74) is 4.49. The van der Waals surface area contributed by atoms with Gasteiger partial charge in [-0.2, -0.15) is 0 Å². The lowest BCUT2D eigenvalue weighted by Gasteiger charge is -2.29. The first kappa shape index (κ1) is 16.0. The van der Waals surface area contributed by atoms with E-state index in [4.69, 9.17) is 0 Å². The first-order valence-electron chi connectivity index (χ1n) is 8.98. The number of aliphatic hydroxyl groups is 1. The van der Waals surface area contributed by atoms with E-state index in [1.807, 2.05) is 0 Å². The molecular formula is C20H31NO. The summed E-state index contributed by atoms with van der Waals surface area (Å²) in [6.07, 6.45) is 15.5. The van der Waals surface area contributed by atoms with Crippen LogP contribution >= 0.6 is 0 Å². The van der Waals surface area contributed by atoms with E-state index in [2.05, 4.69) is 44.3 Å². The van der Waals surface area contributed by atoms with Crippen molar-refractivity contribution in [1.82, 2.24) is 5.32 Å². The topological polar surface area (TPSA) is 32.3 Å². The third-order valence-corrected chi connectivity index (χ3v) is 5.41. The average Bonchev–Trinajstić information content (AvgIpc) is 3.17. The Morgan fingerprint density at radius 3 is 2.55 bits per heavy atom. The minimum atomic E-state index is -0.396. The van der Waals surface area contributed by atoms with Crippen LogP contribution in [0.5, 0.6) is 0 Å². The summed E-state index contributed by atoms with van der Waals surface area (Å²) < 4.78 is 0. The van der Waals surface area contributed by atoms with E-state index in [-0.39, 0.29) is 11.0 Å². The molecule has 2 N–H and O–H groups in total. The molecule has 0 unspecified atom stereocenters. The number of allylic oxidation sites excluding steroid dienone is 4. The summed E-state index contributed by atoms with van der Waals surface area (Å²) in [5, 5.41) is 14.2. The Kier molecular flexibility index (Phi) is 4.35. The van der Waals surface area contributed by atoms with Gasteiger partial charge in [-0.1, -0.05) is 31.1 Å². The fourth-order valence-corrected chi connectivity index (χ4v) is 4.32. The predicted octanol–water partition coefficient (Wildman–Crippen LogP) is 4.27. The minimum absolute atomic E-state index is 0.0433. The van der Waals surface area contributed by atoms with Gasteiger partial charge in [0, 0.05) is 17.5 Å². The van der Waals surface area contributed by atoms with Crippen LogP contribution in [-0.4, -0.2) is 23.3 Å². The molecule has 3 aliphatic carbocycles. The van der Waals surface area contributed by atoms with Crippen molar-refractivity contribution in [2.75, 3.05) is 6.54 Å². The third-order valence-electron chi connectivity index (χ3n) is 5.41. The van der Waals surface area contributed by atoms with Crippen LogP contribution < -0.4 is 5.32 Å². The lowest BCUT2D eigenvalue weighted by atomic mass is 9.76. The third kappa shape index (κ3) is 3.09. The number of hydrogen-bond donors (Lipinski definition) is 2. The number of rotatable bonds is 4. The highest BCUT2D eigenvalue weighted by atomic mass is 16.3. The van der Waals surface area contributed by atoms with E-state index >= 15 is 0 Å². The number of nitrogens with one attached hydrogen (secondary N) is 1. The molecule has 0 radical (unpaired) electrons. The molecule has 3 rings (SSSR count). The molecule has 0 aromatic rings. The highest BCUT2D eigenvalue weighted by Crippen LogP contribution is 2.54. The van der Waals surface area contributed by atoms with Crippen LogP contribution in [0.3, 0.4) is 0 Å². The van der Waals surface area contributed by atoms with E-state index in [9.17, 15) is 5.11 Å². The van der Waals surface area contributed by atoms with Crippen molar-refractivity contribution < 1.29 is 5.11 Å². The monoisotopic (exact) mass is 301 g/mol. The zero-order valence-electron chi connectivity index (χ0n) is 14.4. The first-order valence-corrected chi connectivity index (χ1v) is 8.98. The van der Waals surface area contributed by atoms with Crippen molar-refractivity contribution in [1.29, 1.82) is 0 Å². The Morgan fingerprint density at radius 2 is 1.95 bits per heavy atom. The molecule has 0 aromatic heterocycles. The molecule has 1 atom stereocenters. The van der Waals surface area contributed by atoms with Crippen LogP contribution in [0, 0.1) is 5.41 Å². The highest BCUT2D eigenvalue weighted by molar-refractivity contribution is 5.54. The lowest BCUT2D eigenvalue weighted by molar-refractivity contribution is 0.195. The highest BCUT2D eigenvalue weighted by Gasteiger charge is 2.42. The van der Waals surface area contributed by atoms with Crippen LogP contribution in [0.4, 0.5) is 0 Å². The van der Waals surface area contributed by atoms with Crippen molar-refractivity contribution in [3.05, 3.63) is 34.9 Å². The standard InChI is InChI=1S/C20H31NO/c1-19(2,3)21-14-17(22)16-10-13-20(11-6-7-12-20)18(16)15-8-4-5-9-15/h8,10,13,17,21-22H,4-7,9,11-12,14H2,1-3H3/t17-/m0/s1. The number of aliphatic hydroxyl groups excluding tert-OH is 1. The molecule has 122 valence electrons. The Morgan fingerprint density at radius 1 is 1.23 bits per heavy atom. The number of β-amino-alcohol motifs (C(OH)–C–C–N with tert-alkyl or cyclic N) is 1. The molecule has 0 heterocycles. The molecule has 1 spiro atoms. The zero-order valence-corrected chi connectivity index (χ0v) is 14.4. The Bertz CT molecular complexity index is 512. The maximum absolute atomic E-state index is 10.8. The molecule has 0 aromatic carbocycles. The van der Waals surface area contributed by atoms with Crippen molar-refractivity contribution >= 4 is 0 Å². The fourth-order valence-electron chi connectivity index (χ4n) is 4.32. The van der Waals surface area contributed by atoms with E-state index in [0.29, 0.717) is 6.54 Å². The largest absolute Gasteiger partial charge is 0.387 e. The van der Waals surface area contributed by atoms with E-state index < -0.39 is 6.10 Å². The fraction of sp³-hybridized carbons (Fsp3) is 0.700. The van der Waals surface area contributed by atoms with Crippen LogP contribution in [-0.2, 0) is 0 Å². The Balaban J connectivity index is 1.87. The minimum Gasteiger partial charge on any atom is -0.387 e. The summed E-state index contributed by atoms with van der Waals surface area (Å²) in [6.45, 7) is 7.09. The maximum Gasteiger partial charge on any atom is 0.0917 e. The van der Waals surface area contributed by atoms with E-state index in [1.165, 1.54) is 61.7 Å². The molecule has 2 heteroatoms. The van der Waals surface area contributed by atoms with Gasteiger partial charge in [0.2, 0.25) is 0 Å². The van der Waals surface area contributed by atoms with Crippen LogP contribution in [0.25, 0.3) is 0 Å². The summed E-state index contributed by atoms with van der Waals surface area (Å²) >= 11 is 0. The second-order valence-electron chi connectivity index (χ2n) is 8.30. The molecule has 0 amide bonds. The van der Waals surface area contributed by atoms with E-state index in [1.54, 1.807) is 0 Å². The quantitative estimate of drug-likeness (QED) is 0.812. The molecule has 22 heavy (non-hydrogen) atoms. The van der Waals surface area contributed by atoms with Gasteiger partial charge in [0.05, 0.1) is 6.10 Å². The van der Waals surface area contributed by atoms with Gasteiger partial charge in [-0.25, -0.2) is 0 Å². The molecule has 1 fully saturated rings. The summed E-state index contributed by atoms with van der Waals surface area (Å²) in [4.78, 5) is 0. The van der Waals surface area contributed by atoms with Gasteiger partial charge in [-0.15, -0.1) is 0 Å². The summed E-state index contributed by atoms with van der Waals surface area (Å²) in [6, 6.07) is 0. The normalized spacial score (nSPS) is 25.4. The van der Waals surface area contributed by atoms with Gasteiger partial charge in [-0.3, -0.25) is 0 Å². The molecule has 2 nitrogen and oxygen atoms in total. The summed E-state index contributed by atoms with van der Waals surface area (Å²) in [7, 11) is 0. The molecular weight excluding hydrogens is 270 g/mol. The van der Waals surface area contributed by atoms with Crippen molar-refractivity contribution in [2.45, 2.75) is 77.4 Å². The smallest absolute Gasteiger partial charge is 0.0917 e. The average molecular weight is 301 g/mol. The lowest BCUT2D eigenvalue weighted by Crippen LogP contribution is -2.41. The zero-order chi connectivity index (χ0) is 15.8. The van der Waals surface area contributed by atoms with Crippen molar-refractivity contribution in [2.24, 2.45) is 5.41 Å². The van der Waals surface area contributed by atoms with Crippen LogP contribution in [0.15, 0.2) is 34.9 Å². The van der Waals surface area contributed by atoms with Gasteiger partial charge >= 0.3 is 0 Å². The van der Waals surface area contributed by atoms with Gasteiger partial charge in [0.1, 0.15) is 0 Å². The molecule has 0 aliphatic heterocycles. The second-order valence-corrected chi connectivity index (χ2v) is 8.30. The Labute approximate surface area is 135 Å². The van der Waals surface area contributed by atoms with Crippen molar-refractivity contribution in [3.8, 4) is 0 Å². The van der Waals surface area contributed by atoms with Gasteiger partial charge in [0.25, 0.3) is 0 Å². The predicted molar refractivity (Wildman–Crippen MR) is 92.8 cm³/mol. The molecule has 0 saturated heterocycles. The number of hydrogen-bond acceptors (Lipinski definition) is 2. The first-order chi connectivity index (χ1) is 10.4. The van der Waals surface area contributed by atoms with Crippen molar-refractivity contribution in [3.63, 3.8) is 0 Å². The van der Waals surface area contributed by atoms with E-state index in [0.717, 1.165) is 0 Å². The molecule has 3 aliphatic rings. The second kappa shape index (κ2) is 5.98. The van der Waals surface area contributed by atoms with Crippen LogP contribution in [0.2, 0.25) is 0 Å². The van der Waals surface area contributed by atoms with Gasteiger partial charge < -0.3 is 10.4 Å². The SMILES string of the molecule is CC(C)(C)NC[C@H](O)C1=C(C2=CCCC2)C2(C=C1)CCCC2. The Hall–Kier alpha value is -0.860. The maximum atomic E-state index is 10.8. The van der Waals surface area contributed by atoms with Gasteiger partial charge in [0.15, 0.2) is 0 Å².